The van der Waals surface area contributed by atoms with Gasteiger partial charge in [-0.1, -0.05) is 26.0 Å². The third kappa shape index (κ3) is 2.65. The second kappa shape index (κ2) is 5.86. The van der Waals surface area contributed by atoms with Gasteiger partial charge >= 0.3 is 0 Å². The van der Waals surface area contributed by atoms with E-state index in [9.17, 15) is 0 Å². The summed E-state index contributed by atoms with van der Waals surface area (Å²) in [5, 5.41) is 6.95. The molecule has 98 valence electrons. The van der Waals surface area contributed by atoms with Crippen molar-refractivity contribution in [3.05, 3.63) is 42.7 Å². The van der Waals surface area contributed by atoms with E-state index in [4.69, 9.17) is 10.2 Å². The van der Waals surface area contributed by atoms with E-state index in [-0.39, 0.29) is 0 Å². The second-order valence-electron chi connectivity index (χ2n) is 3.57. The summed E-state index contributed by atoms with van der Waals surface area (Å²) in [5.74, 6) is 1.81. The number of aromatic nitrogens is 3. The van der Waals surface area contributed by atoms with Crippen molar-refractivity contribution >= 4 is 5.69 Å². The van der Waals surface area contributed by atoms with E-state index in [0.717, 1.165) is 5.56 Å². The largest absolute Gasteiger partial charge is 0.461 e. The lowest BCUT2D eigenvalue weighted by Crippen LogP contribution is -1.90. The van der Waals surface area contributed by atoms with Crippen LogP contribution in [0.4, 0.5) is 5.69 Å². The van der Waals surface area contributed by atoms with E-state index >= 15 is 0 Å². The summed E-state index contributed by atoms with van der Waals surface area (Å²) in [7, 11) is 0. The molecule has 0 atom stereocenters. The summed E-state index contributed by atoms with van der Waals surface area (Å²) in [6, 6.07) is 11.1. The molecule has 0 radical (unpaired) electrons. The Labute approximate surface area is 111 Å². The Morgan fingerprint density at radius 3 is 2.58 bits per heavy atom. The highest BCUT2D eigenvalue weighted by Gasteiger charge is 2.10. The molecule has 0 amide bonds. The van der Waals surface area contributed by atoms with Gasteiger partial charge in [0, 0.05) is 11.3 Å². The van der Waals surface area contributed by atoms with E-state index in [1.807, 2.05) is 44.2 Å². The van der Waals surface area contributed by atoms with Gasteiger partial charge in [-0.15, -0.1) is 0 Å². The highest BCUT2D eigenvalue weighted by atomic mass is 16.3. The van der Waals surface area contributed by atoms with E-state index in [0.29, 0.717) is 23.1 Å². The maximum absolute atomic E-state index is 5.86. The number of nitrogen functional groups attached to an aromatic ring is 1. The van der Waals surface area contributed by atoms with Gasteiger partial charge < -0.3 is 10.2 Å². The van der Waals surface area contributed by atoms with Crippen LogP contribution >= 0.6 is 0 Å². The quantitative estimate of drug-likeness (QED) is 0.689. The van der Waals surface area contributed by atoms with Crippen molar-refractivity contribution in [1.82, 2.24) is 15.2 Å². The molecule has 19 heavy (non-hydrogen) atoms. The number of furan rings is 1. The minimum atomic E-state index is 0.564. The molecule has 1 aromatic carbocycles. The number of nitrogens with one attached hydrogen (secondary N) is 1. The Morgan fingerprint density at radius 2 is 1.89 bits per heavy atom. The van der Waals surface area contributed by atoms with Gasteiger partial charge in [-0.05, 0) is 24.3 Å². The molecule has 0 saturated carbocycles. The minimum Gasteiger partial charge on any atom is -0.461 e. The fourth-order valence-corrected chi connectivity index (χ4v) is 1.61. The third-order valence-corrected chi connectivity index (χ3v) is 2.44. The molecular weight excluding hydrogens is 240 g/mol. The zero-order valence-electron chi connectivity index (χ0n) is 10.9. The maximum Gasteiger partial charge on any atom is 0.192 e. The molecule has 5 heteroatoms. The van der Waals surface area contributed by atoms with E-state index in [1.165, 1.54) is 0 Å². The van der Waals surface area contributed by atoms with Crippen LogP contribution in [0.1, 0.15) is 13.8 Å². The molecule has 3 rings (SSSR count). The number of para-hydroxylation sites is 1. The van der Waals surface area contributed by atoms with Crippen LogP contribution in [-0.2, 0) is 0 Å². The predicted octanol–water partition coefficient (Wildman–Crippen LogP) is 3.34. The van der Waals surface area contributed by atoms with Gasteiger partial charge in [-0.3, -0.25) is 5.10 Å². The number of aromatic amines is 1. The van der Waals surface area contributed by atoms with E-state index < -0.39 is 0 Å². The van der Waals surface area contributed by atoms with Gasteiger partial charge in [0.1, 0.15) is 0 Å². The standard InChI is InChI=1S/C12H10N4O.C2H6/c13-9-5-2-1-4-8(9)11-14-12(16-15-11)10-6-3-7-17-10;1-2/h1-7H,13H2,(H,14,15,16);1-2H3. The molecule has 3 N–H and O–H groups in total. The van der Waals surface area contributed by atoms with Crippen molar-refractivity contribution in [2.75, 3.05) is 5.73 Å². The molecule has 0 spiro atoms. The predicted molar refractivity (Wildman–Crippen MR) is 75.3 cm³/mol. The van der Waals surface area contributed by atoms with Gasteiger partial charge in [0.2, 0.25) is 0 Å². The molecule has 5 nitrogen and oxygen atoms in total. The van der Waals surface area contributed by atoms with Crippen LogP contribution in [0.2, 0.25) is 0 Å². The van der Waals surface area contributed by atoms with Crippen LogP contribution in [0.5, 0.6) is 0 Å². The van der Waals surface area contributed by atoms with Crippen LogP contribution < -0.4 is 5.73 Å². The summed E-state index contributed by atoms with van der Waals surface area (Å²) in [6.07, 6.45) is 1.59. The zero-order chi connectivity index (χ0) is 13.7. The van der Waals surface area contributed by atoms with E-state index in [2.05, 4.69) is 15.2 Å². The number of nitrogens with zero attached hydrogens (tertiary/aromatic N) is 2. The summed E-state index contributed by atoms with van der Waals surface area (Å²) in [5.41, 5.74) is 7.32. The lowest BCUT2D eigenvalue weighted by molar-refractivity contribution is 0.577. The first kappa shape index (κ1) is 12.9. The summed E-state index contributed by atoms with van der Waals surface area (Å²) < 4.78 is 5.23. The summed E-state index contributed by atoms with van der Waals surface area (Å²) in [4.78, 5) is 4.34. The van der Waals surface area contributed by atoms with Gasteiger partial charge in [-0.25, -0.2) is 4.98 Å². The molecule has 0 unspecified atom stereocenters. The highest BCUT2D eigenvalue weighted by molar-refractivity contribution is 5.71. The number of benzene rings is 1. The molecule has 0 aliphatic heterocycles. The number of nitrogens with two attached hydrogens (primary N) is 1. The van der Waals surface area contributed by atoms with Gasteiger partial charge in [0.25, 0.3) is 0 Å². The number of anilines is 1. The van der Waals surface area contributed by atoms with Crippen molar-refractivity contribution in [2.24, 2.45) is 0 Å². The fourth-order valence-electron chi connectivity index (χ4n) is 1.61. The first-order valence-corrected chi connectivity index (χ1v) is 6.16. The summed E-state index contributed by atoms with van der Waals surface area (Å²) in [6.45, 7) is 4.00. The number of hydrogen-bond acceptors (Lipinski definition) is 4. The van der Waals surface area contributed by atoms with Gasteiger partial charge in [0.15, 0.2) is 17.4 Å². The van der Waals surface area contributed by atoms with Gasteiger partial charge in [0.05, 0.1) is 6.26 Å². The second-order valence-corrected chi connectivity index (χ2v) is 3.57. The fraction of sp³-hybridized carbons (Fsp3) is 0.143. The van der Waals surface area contributed by atoms with Crippen LogP contribution in [-0.4, -0.2) is 15.2 Å². The first-order chi connectivity index (χ1) is 9.34. The third-order valence-electron chi connectivity index (χ3n) is 2.44. The van der Waals surface area contributed by atoms with E-state index in [1.54, 1.807) is 12.3 Å². The lowest BCUT2D eigenvalue weighted by atomic mass is 10.2. The SMILES string of the molecule is CC.Nc1ccccc1-c1n[nH]c(-c2ccco2)n1. The van der Waals surface area contributed by atoms with Crippen LogP contribution in [0.15, 0.2) is 47.1 Å². The lowest BCUT2D eigenvalue weighted by Gasteiger charge is -1.98. The Kier molecular flexibility index (Phi) is 3.97. The molecular formula is C14H16N4O. The Bertz CT molecular complexity index is 628. The summed E-state index contributed by atoms with van der Waals surface area (Å²) >= 11 is 0. The Balaban J connectivity index is 0.000000637. The van der Waals surface area contributed by atoms with Crippen molar-refractivity contribution in [3.8, 4) is 23.0 Å². The van der Waals surface area contributed by atoms with Gasteiger partial charge in [-0.2, -0.15) is 5.10 Å². The molecule has 0 aliphatic carbocycles. The minimum absolute atomic E-state index is 0.564. The molecule has 0 fully saturated rings. The first-order valence-electron chi connectivity index (χ1n) is 6.16. The molecule has 2 heterocycles. The molecule has 0 saturated heterocycles. The number of rotatable bonds is 2. The Morgan fingerprint density at radius 1 is 1.11 bits per heavy atom. The average molecular weight is 256 g/mol. The molecule has 3 aromatic rings. The zero-order valence-corrected chi connectivity index (χ0v) is 10.9. The number of H-pyrrole nitrogens is 1. The normalized spacial score (nSPS) is 9.79. The van der Waals surface area contributed by atoms with Crippen LogP contribution in [0.3, 0.4) is 0 Å². The van der Waals surface area contributed by atoms with Crippen molar-refractivity contribution in [2.45, 2.75) is 13.8 Å². The van der Waals surface area contributed by atoms with Crippen molar-refractivity contribution < 1.29 is 4.42 Å². The van der Waals surface area contributed by atoms with Crippen molar-refractivity contribution in [1.29, 1.82) is 0 Å². The van der Waals surface area contributed by atoms with Crippen LogP contribution in [0.25, 0.3) is 23.0 Å². The molecule has 2 aromatic heterocycles. The van der Waals surface area contributed by atoms with Crippen molar-refractivity contribution in [3.63, 3.8) is 0 Å². The number of hydrogen-bond donors (Lipinski definition) is 2. The molecule has 0 bridgehead atoms. The maximum atomic E-state index is 5.86. The average Bonchev–Trinajstić information content (AvgIpc) is 3.12. The monoisotopic (exact) mass is 256 g/mol. The van der Waals surface area contributed by atoms with Crippen LogP contribution in [0, 0.1) is 0 Å². The Hall–Kier alpha value is -2.56. The smallest absolute Gasteiger partial charge is 0.192 e. The highest BCUT2D eigenvalue weighted by Crippen LogP contribution is 2.24. The molecule has 0 aliphatic rings. The topological polar surface area (TPSA) is 80.7 Å².